The number of anilines is 1. The van der Waals surface area contributed by atoms with Crippen LogP contribution in [0.5, 0.6) is 0 Å². The molecule has 0 unspecified atom stereocenters. The second kappa shape index (κ2) is 4.16. The molecule has 0 amide bonds. The summed E-state index contributed by atoms with van der Waals surface area (Å²) < 4.78 is 0. The number of nitrogen functional groups attached to an aromatic ring is 1. The van der Waals surface area contributed by atoms with Gasteiger partial charge in [-0.15, -0.1) is 0 Å². The highest BCUT2D eigenvalue weighted by atomic mass is 15.2. The number of nitrogens with one attached hydrogen (secondary N) is 1. The van der Waals surface area contributed by atoms with Crippen LogP contribution in [0.1, 0.15) is 37.4 Å². The summed E-state index contributed by atoms with van der Waals surface area (Å²) in [5.41, 5.74) is 6.45. The molecule has 1 aliphatic carbocycles. The quantitative estimate of drug-likeness (QED) is 0.826. The summed E-state index contributed by atoms with van der Waals surface area (Å²) >= 11 is 0. The Morgan fingerprint density at radius 1 is 1.24 bits per heavy atom. The summed E-state index contributed by atoms with van der Waals surface area (Å²) in [4.78, 5) is 8.59. The third-order valence-electron chi connectivity index (χ3n) is 3.29. The number of hydrogen-bond donors (Lipinski definition) is 2. The van der Waals surface area contributed by atoms with Crippen molar-refractivity contribution in [3.8, 4) is 11.4 Å². The molecule has 0 spiro atoms. The molecule has 2 aromatic rings. The molecule has 3 rings (SSSR count). The van der Waals surface area contributed by atoms with Crippen LogP contribution in [0.3, 0.4) is 0 Å². The Morgan fingerprint density at radius 2 is 2.06 bits per heavy atom. The summed E-state index contributed by atoms with van der Waals surface area (Å²) in [5, 5.41) is 7.28. The van der Waals surface area contributed by atoms with E-state index in [2.05, 4.69) is 20.2 Å². The van der Waals surface area contributed by atoms with E-state index in [-0.39, 0.29) is 0 Å². The van der Waals surface area contributed by atoms with Crippen LogP contribution in [0.25, 0.3) is 11.4 Å². The van der Waals surface area contributed by atoms with E-state index in [1.807, 2.05) is 6.07 Å². The maximum atomic E-state index is 5.55. The van der Waals surface area contributed by atoms with E-state index in [0.29, 0.717) is 17.6 Å². The van der Waals surface area contributed by atoms with Crippen molar-refractivity contribution in [2.24, 2.45) is 0 Å². The molecule has 0 bridgehead atoms. The number of H-pyrrole nitrogens is 1. The maximum Gasteiger partial charge on any atom is 0.182 e. The molecule has 0 saturated heterocycles. The van der Waals surface area contributed by atoms with Crippen molar-refractivity contribution in [1.82, 2.24) is 20.2 Å². The first kappa shape index (κ1) is 10.3. The lowest BCUT2D eigenvalue weighted by Crippen LogP contribution is -1.94. The first-order valence-electron chi connectivity index (χ1n) is 5.97. The topological polar surface area (TPSA) is 80.5 Å². The van der Waals surface area contributed by atoms with Crippen molar-refractivity contribution < 1.29 is 0 Å². The van der Waals surface area contributed by atoms with Crippen LogP contribution in [0, 0.1) is 0 Å². The van der Waals surface area contributed by atoms with Crippen molar-refractivity contribution in [3.63, 3.8) is 0 Å². The van der Waals surface area contributed by atoms with E-state index in [9.17, 15) is 0 Å². The Bertz CT molecular complexity index is 496. The summed E-state index contributed by atoms with van der Waals surface area (Å²) in [6, 6.07) is 3.66. The zero-order valence-corrected chi connectivity index (χ0v) is 9.56. The molecular weight excluding hydrogens is 214 g/mol. The van der Waals surface area contributed by atoms with Crippen LogP contribution in [-0.4, -0.2) is 20.2 Å². The van der Waals surface area contributed by atoms with Gasteiger partial charge in [0.15, 0.2) is 5.82 Å². The fourth-order valence-corrected chi connectivity index (χ4v) is 2.32. The van der Waals surface area contributed by atoms with Gasteiger partial charge in [0.25, 0.3) is 0 Å². The zero-order valence-electron chi connectivity index (χ0n) is 9.56. The Balaban J connectivity index is 1.86. The Morgan fingerprint density at radius 3 is 2.76 bits per heavy atom. The van der Waals surface area contributed by atoms with Crippen LogP contribution in [-0.2, 0) is 0 Å². The number of aromatic amines is 1. The lowest BCUT2D eigenvalue weighted by atomic mass is 10.1. The van der Waals surface area contributed by atoms with Crippen LogP contribution in [0.4, 0.5) is 5.82 Å². The van der Waals surface area contributed by atoms with Gasteiger partial charge in [-0.05, 0) is 25.0 Å². The third kappa shape index (κ3) is 2.00. The monoisotopic (exact) mass is 229 g/mol. The predicted octanol–water partition coefficient (Wildman–Crippen LogP) is 2.11. The van der Waals surface area contributed by atoms with Crippen molar-refractivity contribution in [2.75, 3.05) is 5.73 Å². The van der Waals surface area contributed by atoms with Crippen molar-refractivity contribution >= 4 is 5.82 Å². The number of aromatic nitrogens is 4. The number of hydrogen-bond acceptors (Lipinski definition) is 4. The van der Waals surface area contributed by atoms with Gasteiger partial charge in [0.1, 0.15) is 11.6 Å². The Hall–Kier alpha value is -1.91. The number of nitrogens with zero attached hydrogens (tertiary/aromatic N) is 3. The van der Waals surface area contributed by atoms with Crippen LogP contribution in [0.2, 0.25) is 0 Å². The lowest BCUT2D eigenvalue weighted by Gasteiger charge is -2.01. The summed E-state index contributed by atoms with van der Waals surface area (Å²) in [6.07, 6.45) is 6.73. The van der Waals surface area contributed by atoms with Crippen molar-refractivity contribution in [2.45, 2.75) is 31.6 Å². The summed E-state index contributed by atoms with van der Waals surface area (Å²) in [7, 11) is 0. The van der Waals surface area contributed by atoms with Gasteiger partial charge in [0.05, 0.1) is 0 Å². The van der Waals surface area contributed by atoms with E-state index in [0.717, 1.165) is 11.4 Å². The highest BCUT2D eigenvalue weighted by molar-refractivity contribution is 5.54. The first-order valence-corrected chi connectivity index (χ1v) is 5.97. The molecule has 1 aliphatic rings. The van der Waals surface area contributed by atoms with Crippen LogP contribution >= 0.6 is 0 Å². The molecule has 0 aliphatic heterocycles. The molecule has 3 N–H and O–H groups in total. The standard InChI is InChI=1S/C12H15N5/c13-10-6-5-9(7-14-10)12-15-11(16-17-12)8-3-1-2-4-8/h5-8H,1-4H2,(H2,13,14)(H,15,16,17). The highest BCUT2D eigenvalue weighted by Gasteiger charge is 2.20. The van der Waals surface area contributed by atoms with Gasteiger partial charge in [0.2, 0.25) is 0 Å². The van der Waals surface area contributed by atoms with Gasteiger partial charge < -0.3 is 5.73 Å². The van der Waals surface area contributed by atoms with Gasteiger partial charge in [0, 0.05) is 17.7 Å². The van der Waals surface area contributed by atoms with Gasteiger partial charge in [-0.1, -0.05) is 12.8 Å². The van der Waals surface area contributed by atoms with Crippen LogP contribution in [0.15, 0.2) is 18.3 Å². The van der Waals surface area contributed by atoms with Gasteiger partial charge in [-0.2, -0.15) is 5.10 Å². The fourth-order valence-electron chi connectivity index (χ4n) is 2.32. The van der Waals surface area contributed by atoms with E-state index in [1.165, 1.54) is 25.7 Å². The minimum absolute atomic E-state index is 0.514. The molecule has 0 radical (unpaired) electrons. The number of nitrogens with two attached hydrogens (primary N) is 1. The normalized spacial score (nSPS) is 16.5. The highest BCUT2D eigenvalue weighted by Crippen LogP contribution is 2.32. The average Bonchev–Trinajstić information content (AvgIpc) is 3.00. The molecule has 2 aromatic heterocycles. The van der Waals surface area contributed by atoms with E-state index in [4.69, 9.17) is 5.73 Å². The average molecular weight is 229 g/mol. The van der Waals surface area contributed by atoms with Gasteiger partial charge >= 0.3 is 0 Å². The lowest BCUT2D eigenvalue weighted by molar-refractivity contribution is 0.672. The maximum absolute atomic E-state index is 5.55. The molecule has 5 heteroatoms. The van der Waals surface area contributed by atoms with E-state index >= 15 is 0 Å². The molecule has 17 heavy (non-hydrogen) atoms. The minimum atomic E-state index is 0.514. The molecule has 2 heterocycles. The minimum Gasteiger partial charge on any atom is -0.384 e. The number of rotatable bonds is 2. The largest absolute Gasteiger partial charge is 0.384 e. The second-order valence-electron chi connectivity index (χ2n) is 4.50. The van der Waals surface area contributed by atoms with Crippen molar-refractivity contribution in [3.05, 3.63) is 24.2 Å². The second-order valence-corrected chi connectivity index (χ2v) is 4.50. The Labute approximate surface area is 99.5 Å². The summed E-state index contributed by atoms with van der Waals surface area (Å²) in [5.74, 6) is 2.78. The third-order valence-corrected chi connectivity index (χ3v) is 3.29. The van der Waals surface area contributed by atoms with Gasteiger partial charge in [-0.3, -0.25) is 5.10 Å². The predicted molar refractivity (Wildman–Crippen MR) is 65.2 cm³/mol. The molecular formula is C12H15N5. The van der Waals surface area contributed by atoms with Gasteiger partial charge in [-0.25, -0.2) is 9.97 Å². The fraction of sp³-hybridized carbons (Fsp3) is 0.417. The van der Waals surface area contributed by atoms with E-state index in [1.54, 1.807) is 12.3 Å². The SMILES string of the molecule is Nc1ccc(-c2n[nH]c(C3CCCC3)n2)cn1. The molecule has 88 valence electrons. The zero-order chi connectivity index (χ0) is 11.7. The van der Waals surface area contributed by atoms with Crippen molar-refractivity contribution in [1.29, 1.82) is 0 Å². The summed E-state index contributed by atoms with van der Waals surface area (Å²) in [6.45, 7) is 0. The first-order chi connectivity index (χ1) is 8.33. The molecule has 5 nitrogen and oxygen atoms in total. The molecule has 1 saturated carbocycles. The van der Waals surface area contributed by atoms with E-state index < -0.39 is 0 Å². The molecule has 0 atom stereocenters. The molecule has 0 aromatic carbocycles. The Kier molecular flexibility index (Phi) is 2.51. The smallest absolute Gasteiger partial charge is 0.182 e. The number of pyridine rings is 1. The molecule has 1 fully saturated rings. The van der Waals surface area contributed by atoms with Crippen LogP contribution < -0.4 is 5.73 Å².